The van der Waals surface area contributed by atoms with Gasteiger partial charge in [-0.15, -0.1) is 10.2 Å². The lowest BCUT2D eigenvalue weighted by Crippen LogP contribution is -2.10. The van der Waals surface area contributed by atoms with E-state index in [9.17, 15) is 0 Å². The van der Waals surface area contributed by atoms with Gasteiger partial charge >= 0.3 is 0 Å². The summed E-state index contributed by atoms with van der Waals surface area (Å²) >= 11 is 0. The number of aromatic amines is 1. The zero-order chi connectivity index (χ0) is 13.8. The van der Waals surface area contributed by atoms with E-state index in [1.807, 2.05) is 6.92 Å². The molecule has 0 fully saturated rings. The molecule has 8 heteroatoms. The number of tetrazole rings is 1. The minimum absolute atomic E-state index is 0.140. The van der Waals surface area contributed by atoms with Crippen molar-refractivity contribution in [3.05, 3.63) is 18.0 Å². The van der Waals surface area contributed by atoms with Crippen molar-refractivity contribution in [2.45, 2.75) is 13.0 Å². The Morgan fingerprint density at radius 2 is 1.95 bits per heavy atom. The van der Waals surface area contributed by atoms with Crippen LogP contribution in [0.5, 0.6) is 11.5 Å². The second kappa shape index (κ2) is 5.42. The summed E-state index contributed by atoms with van der Waals surface area (Å²) < 4.78 is 10.4. The molecule has 1 aromatic heterocycles. The van der Waals surface area contributed by atoms with E-state index in [0.717, 1.165) is 5.69 Å². The maximum absolute atomic E-state index is 5.96. The highest BCUT2D eigenvalue weighted by molar-refractivity contribution is 5.72. The van der Waals surface area contributed by atoms with Gasteiger partial charge in [-0.2, -0.15) is 5.21 Å². The monoisotopic (exact) mass is 264 g/mol. The number of nitrogens with one attached hydrogen (secondary N) is 2. The van der Waals surface area contributed by atoms with Gasteiger partial charge in [0.05, 0.1) is 31.6 Å². The maximum atomic E-state index is 5.96. The van der Waals surface area contributed by atoms with Crippen molar-refractivity contribution in [3.8, 4) is 11.5 Å². The molecule has 4 N–H and O–H groups in total. The normalized spacial score (nSPS) is 11.9. The Kier molecular flexibility index (Phi) is 3.69. The van der Waals surface area contributed by atoms with Crippen molar-refractivity contribution in [2.75, 3.05) is 25.3 Å². The average molecular weight is 264 g/mol. The van der Waals surface area contributed by atoms with Crippen LogP contribution in [0, 0.1) is 0 Å². The van der Waals surface area contributed by atoms with Gasteiger partial charge in [-0.1, -0.05) is 5.21 Å². The Morgan fingerprint density at radius 1 is 1.26 bits per heavy atom. The van der Waals surface area contributed by atoms with Crippen LogP contribution in [0.15, 0.2) is 12.1 Å². The van der Waals surface area contributed by atoms with Crippen LogP contribution in [0.25, 0.3) is 0 Å². The van der Waals surface area contributed by atoms with E-state index in [0.29, 0.717) is 23.0 Å². The number of nitrogens with zero attached hydrogens (tertiary/aromatic N) is 3. The van der Waals surface area contributed by atoms with Gasteiger partial charge in [-0.25, -0.2) is 0 Å². The number of benzene rings is 1. The average Bonchev–Trinajstić information content (AvgIpc) is 2.94. The van der Waals surface area contributed by atoms with E-state index in [4.69, 9.17) is 15.2 Å². The van der Waals surface area contributed by atoms with Crippen LogP contribution in [0.3, 0.4) is 0 Å². The number of hydrogen-bond donors (Lipinski definition) is 3. The number of rotatable bonds is 5. The molecule has 2 aromatic rings. The molecule has 0 saturated carbocycles. The molecule has 8 nitrogen and oxygen atoms in total. The Bertz CT molecular complexity index is 542. The SMILES string of the molecule is COc1cc(N)c(NC(C)c2nn[nH]n2)cc1OC. The molecule has 0 aliphatic rings. The van der Waals surface area contributed by atoms with Crippen molar-refractivity contribution >= 4 is 11.4 Å². The quantitative estimate of drug-likeness (QED) is 0.690. The Hall–Kier alpha value is -2.51. The summed E-state index contributed by atoms with van der Waals surface area (Å²) in [6.45, 7) is 1.90. The summed E-state index contributed by atoms with van der Waals surface area (Å²) in [6, 6.07) is 3.33. The molecular formula is C11H16N6O2. The Labute approximate surface area is 110 Å². The van der Waals surface area contributed by atoms with Crippen molar-refractivity contribution in [1.29, 1.82) is 0 Å². The van der Waals surface area contributed by atoms with Crippen molar-refractivity contribution < 1.29 is 9.47 Å². The maximum Gasteiger partial charge on any atom is 0.196 e. The lowest BCUT2D eigenvalue weighted by Gasteiger charge is -2.16. The first-order valence-corrected chi connectivity index (χ1v) is 5.67. The number of H-pyrrole nitrogens is 1. The van der Waals surface area contributed by atoms with Gasteiger partial charge in [-0.05, 0) is 6.92 Å². The molecule has 1 atom stereocenters. The Morgan fingerprint density at radius 3 is 2.53 bits per heavy atom. The van der Waals surface area contributed by atoms with Crippen LogP contribution in [0.2, 0.25) is 0 Å². The molecule has 0 spiro atoms. The molecule has 102 valence electrons. The largest absolute Gasteiger partial charge is 0.493 e. The summed E-state index contributed by atoms with van der Waals surface area (Å²) in [7, 11) is 3.13. The van der Waals surface area contributed by atoms with Crippen LogP contribution in [-0.2, 0) is 0 Å². The van der Waals surface area contributed by atoms with Crippen molar-refractivity contribution in [3.63, 3.8) is 0 Å². The molecule has 1 unspecified atom stereocenters. The number of methoxy groups -OCH3 is 2. The molecule has 0 amide bonds. The summed E-state index contributed by atoms with van der Waals surface area (Å²) in [5.41, 5.74) is 7.23. The van der Waals surface area contributed by atoms with Gasteiger partial charge in [0.25, 0.3) is 0 Å². The van der Waals surface area contributed by atoms with Gasteiger partial charge in [0.15, 0.2) is 17.3 Å². The standard InChI is InChI=1S/C11H16N6O2/c1-6(11-14-16-17-15-11)13-8-5-10(19-3)9(18-2)4-7(8)12/h4-6,13H,12H2,1-3H3,(H,14,15,16,17). The lowest BCUT2D eigenvalue weighted by molar-refractivity contribution is 0.355. The highest BCUT2D eigenvalue weighted by Crippen LogP contribution is 2.35. The molecule has 0 aliphatic carbocycles. The van der Waals surface area contributed by atoms with Crippen LogP contribution in [0.4, 0.5) is 11.4 Å². The second-order valence-electron chi connectivity index (χ2n) is 3.93. The van der Waals surface area contributed by atoms with E-state index in [1.54, 1.807) is 26.4 Å². The molecule has 2 rings (SSSR count). The zero-order valence-corrected chi connectivity index (χ0v) is 11.0. The first-order valence-electron chi connectivity index (χ1n) is 5.67. The molecule has 0 aliphatic heterocycles. The predicted octanol–water partition coefficient (Wildman–Crippen LogP) is 0.972. The zero-order valence-electron chi connectivity index (χ0n) is 11.0. The van der Waals surface area contributed by atoms with E-state index in [1.165, 1.54) is 0 Å². The van der Waals surface area contributed by atoms with Gasteiger partial charge in [0.2, 0.25) is 0 Å². The third kappa shape index (κ3) is 2.67. The van der Waals surface area contributed by atoms with Gasteiger partial charge in [0.1, 0.15) is 0 Å². The third-order valence-corrected chi connectivity index (χ3v) is 2.68. The number of anilines is 2. The number of hydrogen-bond acceptors (Lipinski definition) is 7. The van der Waals surface area contributed by atoms with Crippen molar-refractivity contribution in [1.82, 2.24) is 20.6 Å². The number of aromatic nitrogens is 4. The fourth-order valence-electron chi connectivity index (χ4n) is 1.67. The highest BCUT2D eigenvalue weighted by atomic mass is 16.5. The van der Waals surface area contributed by atoms with Gasteiger partial charge < -0.3 is 20.5 Å². The van der Waals surface area contributed by atoms with Crippen LogP contribution in [0.1, 0.15) is 18.8 Å². The fourth-order valence-corrected chi connectivity index (χ4v) is 1.67. The first-order chi connectivity index (χ1) is 9.15. The van der Waals surface area contributed by atoms with E-state index >= 15 is 0 Å². The van der Waals surface area contributed by atoms with Gasteiger partial charge in [0, 0.05) is 12.1 Å². The summed E-state index contributed by atoms with van der Waals surface area (Å²) in [5, 5.41) is 16.9. The Balaban J connectivity index is 2.25. The van der Waals surface area contributed by atoms with Crippen LogP contribution < -0.4 is 20.5 Å². The minimum Gasteiger partial charge on any atom is -0.493 e. The van der Waals surface area contributed by atoms with E-state index in [-0.39, 0.29) is 6.04 Å². The topological polar surface area (TPSA) is 111 Å². The molecule has 19 heavy (non-hydrogen) atoms. The predicted molar refractivity (Wildman–Crippen MR) is 70.2 cm³/mol. The van der Waals surface area contributed by atoms with E-state index < -0.39 is 0 Å². The minimum atomic E-state index is -0.140. The second-order valence-corrected chi connectivity index (χ2v) is 3.93. The number of nitrogen functional groups attached to an aromatic ring is 1. The molecule has 1 aromatic carbocycles. The molecule has 0 radical (unpaired) electrons. The molecular weight excluding hydrogens is 248 g/mol. The fraction of sp³-hybridized carbons (Fsp3) is 0.364. The third-order valence-electron chi connectivity index (χ3n) is 2.68. The number of nitrogens with two attached hydrogens (primary N) is 1. The molecule has 0 bridgehead atoms. The first kappa shape index (κ1) is 12.9. The van der Waals surface area contributed by atoms with Gasteiger partial charge in [-0.3, -0.25) is 0 Å². The molecule has 1 heterocycles. The summed E-state index contributed by atoms with van der Waals surface area (Å²) in [5.74, 6) is 1.73. The van der Waals surface area contributed by atoms with Crippen LogP contribution in [-0.4, -0.2) is 34.8 Å². The molecule has 0 saturated heterocycles. The van der Waals surface area contributed by atoms with E-state index in [2.05, 4.69) is 25.9 Å². The smallest absolute Gasteiger partial charge is 0.196 e. The van der Waals surface area contributed by atoms with Crippen molar-refractivity contribution in [2.24, 2.45) is 0 Å². The summed E-state index contributed by atoms with van der Waals surface area (Å²) in [4.78, 5) is 0. The van der Waals surface area contributed by atoms with Crippen LogP contribution >= 0.6 is 0 Å². The summed E-state index contributed by atoms with van der Waals surface area (Å²) in [6.07, 6.45) is 0. The number of ether oxygens (including phenoxy) is 2. The highest BCUT2D eigenvalue weighted by Gasteiger charge is 2.14. The lowest BCUT2D eigenvalue weighted by atomic mass is 10.2.